The molecule has 1 aliphatic heterocycles. The highest BCUT2D eigenvalue weighted by atomic mass is 32.1. The molecule has 0 radical (unpaired) electrons. The molecule has 1 aliphatic rings. The highest BCUT2D eigenvalue weighted by Crippen LogP contribution is 2.33. The Hall–Kier alpha value is -7.11. The minimum absolute atomic E-state index is 0.00412. The molecule has 0 bridgehead atoms. The van der Waals surface area contributed by atoms with Crippen LogP contribution in [0, 0.1) is 6.92 Å². The van der Waals surface area contributed by atoms with Crippen molar-refractivity contribution in [2.75, 3.05) is 33.4 Å². The van der Waals surface area contributed by atoms with E-state index in [1.165, 1.54) is 55.0 Å². The first-order valence-electron chi connectivity index (χ1n) is 22.3. The van der Waals surface area contributed by atoms with Gasteiger partial charge in [0.1, 0.15) is 43.1 Å². The van der Waals surface area contributed by atoms with Crippen molar-refractivity contribution < 1.29 is 14.6 Å². The van der Waals surface area contributed by atoms with Gasteiger partial charge in [-0.1, -0.05) is 42.8 Å². The average molecular weight is 965 g/mol. The van der Waals surface area contributed by atoms with Crippen molar-refractivity contribution in [3.63, 3.8) is 0 Å². The number of aromatic amines is 4. The highest BCUT2D eigenvalue weighted by molar-refractivity contribution is 7.17. The van der Waals surface area contributed by atoms with Crippen molar-refractivity contribution in [3.05, 3.63) is 160 Å². The number of aromatic hydroxyl groups is 1. The van der Waals surface area contributed by atoms with Crippen LogP contribution in [0.4, 0.5) is 0 Å². The van der Waals surface area contributed by atoms with E-state index in [4.69, 9.17) is 9.47 Å². The third-order valence-electron chi connectivity index (χ3n) is 11.8. The number of phenols is 1. The maximum absolute atomic E-state index is 11.9. The summed E-state index contributed by atoms with van der Waals surface area (Å²) in [7, 11) is 1.62. The molecule has 4 aromatic carbocycles. The SMILES string of the molecule is COc1cccc2c(=O)[nH]c3sccc3c12.Cc1nc2c(OCCCCN3CCCCC3)cccc2c(=O)[nH]1.O=c1[nH]c2sccc2c2c(O)cccc12.O=c1[nH]c2sccc2c2ccccc12. The number of aromatic nitrogens is 5. The molecule has 0 spiro atoms. The number of para-hydroxylation sites is 1. The van der Waals surface area contributed by atoms with E-state index < -0.39 is 0 Å². The number of phenolic OH excluding ortho intramolecular Hbond substituents is 1. The summed E-state index contributed by atoms with van der Waals surface area (Å²) in [6.45, 7) is 6.11. The van der Waals surface area contributed by atoms with Crippen LogP contribution in [0.5, 0.6) is 17.2 Å². The van der Waals surface area contributed by atoms with Crippen molar-refractivity contribution in [3.8, 4) is 17.2 Å². The first kappa shape index (κ1) is 46.0. The third kappa shape index (κ3) is 9.80. The van der Waals surface area contributed by atoms with E-state index in [1.54, 1.807) is 49.6 Å². The van der Waals surface area contributed by atoms with E-state index in [-0.39, 0.29) is 28.0 Å². The van der Waals surface area contributed by atoms with Crippen molar-refractivity contribution in [1.82, 2.24) is 29.8 Å². The quantitative estimate of drug-likeness (QED) is 0.0969. The minimum atomic E-state index is -0.157. The Balaban J connectivity index is 0.000000115. The van der Waals surface area contributed by atoms with Crippen molar-refractivity contribution in [2.24, 2.45) is 0 Å². The summed E-state index contributed by atoms with van der Waals surface area (Å²) < 4.78 is 11.2. The molecule has 0 amide bonds. The Bertz CT molecular complexity index is 3800. The summed E-state index contributed by atoms with van der Waals surface area (Å²) in [5, 5.41) is 23.8. The second-order valence-corrected chi connectivity index (χ2v) is 19.0. The van der Waals surface area contributed by atoms with Gasteiger partial charge in [-0.25, -0.2) is 4.98 Å². The Morgan fingerprint density at radius 2 is 1.09 bits per heavy atom. The molecule has 0 atom stereocenters. The van der Waals surface area contributed by atoms with E-state index in [1.807, 2.05) is 88.9 Å². The zero-order valence-corrected chi connectivity index (χ0v) is 39.8. The van der Waals surface area contributed by atoms with Crippen LogP contribution < -0.4 is 31.7 Å². The number of piperidine rings is 1. The van der Waals surface area contributed by atoms with Crippen LogP contribution in [0.15, 0.2) is 132 Å². The molecule has 8 heterocycles. The Labute approximate surface area is 400 Å². The lowest BCUT2D eigenvalue weighted by Gasteiger charge is -2.26. The van der Waals surface area contributed by atoms with Gasteiger partial charge in [0.2, 0.25) is 0 Å². The number of pyridine rings is 3. The van der Waals surface area contributed by atoms with Crippen LogP contribution in [-0.2, 0) is 0 Å². The number of ether oxygens (including phenoxy) is 2. The fourth-order valence-corrected chi connectivity index (χ4v) is 11.0. The van der Waals surface area contributed by atoms with Gasteiger partial charge in [0, 0.05) is 32.3 Å². The fourth-order valence-electron chi connectivity index (χ4n) is 8.60. The molecule has 0 saturated carbocycles. The second kappa shape index (κ2) is 20.8. The first-order chi connectivity index (χ1) is 33.2. The molecule has 11 aromatic rings. The predicted octanol–water partition coefficient (Wildman–Crippen LogP) is 10.8. The number of rotatable bonds is 7. The van der Waals surface area contributed by atoms with E-state index in [9.17, 15) is 24.3 Å². The van der Waals surface area contributed by atoms with Crippen molar-refractivity contribution in [1.29, 1.82) is 0 Å². The van der Waals surface area contributed by atoms with E-state index in [0.29, 0.717) is 45.2 Å². The molecule has 16 heteroatoms. The summed E-state index contributed by atoms with van der Waals surface area (Å²) in [6, 6.07) is 29.6. The van der Waals surface area contributed by atoms with Crippen molar-refractivity contribution in [2.45, 2.75) is 39.0 Å². The Morgan fingerprint density at radius 1 is 0.559 bits per heavy atom. The topological polar surface area (TPSA) is 186 Å². The molecule has 7 aromatic heterocycles. The summed E-state index contributed by atoms with van der Waals surface area (Å²) >= 11 is 4.54. The number of fused-ring (bicyclic) bond motifs is 10. The average Bonchev–Trinajstić information content (AvgIpc) is 4.15. The molecule has 68 heavy (non-hydrogen) atoms. The van der Waals surface area contributed by atoms with E-state index in [2.05, 4.69) is 29.8 Å². The van der Waals surface area contributed by atoms with Gasteiger partial charge in [-0.3, -0.25) is 19.2 Å². The molecule has 13 nitrogen and oxygen atoms in total. The zero-order valence-electron chi connectivity index (χ0n) is 37.3. The summed E-state index contributed by atoms with van der Waals surface area (Å²) in [5.74, 6) is 2.22. The molecule has 0 unspecified atom stereocenters. The Kier molecular flexibility index (Phi) is 14.1. The van der Waals surface area contributed by atoms with Crippen LogP contribution in [-0.4, -0.2) is 68.3 Å². The van der Waals surface area contributed by atoms with E-state index in [0.717, 1.165) is 71.9 Å². The Morgan fingerprint density at radius 3 is 1.76 bits per heavy atom. The molecular formula is C52H48N6O7S3. The number of methoxy groups -OCH3 is 1. The number of nitrogens with zero attached hydrogens (tertiary/aromatic N) is 2. The fraction of sp³-hybridized carbons (Fsp3) is 0.212. The van der Waals surface area contributed by atoms with Crippen molar-refractivity contribution >= 4 is 108 Å². The number of hydrogen-bond acceptors (Lipinski definition) is 12. The number of nitrogens with one attached hydrogen (secondary N) is 4. The lowest BCUT2D eigenvalue weighted by Crippen LogP contribution is -2.30. The van der Waals surface area contributed by atoms with Crippen LogP contribution in [0.2, 0.25) is 0 Å². The molecule has 346 valence electrons. The first-order valence-corrected chi connectivity index (χ1v) is 24.9. The molecule has 1 saturated heterocycles. The summed E-state index contributed by atoms with van der Waals surface area (Å²) in [4.78, 5) is 68.0. The summed E-state index contributed by atoms with van der Waals surface area (Å²) in [5.41, 5.74) is 0.322. The lowest BCUT2D eigenvalue weighted by molar-refractivity contribution is 0.216. The van der Waals surface area contributed by atoms with Gasteiger partial charge in [0.05, 0.1) is 29.9 Å². The van der Waals surface area contributed by atoms with Gasteiger partial charge in [0.25, 0.3) is 22.2 Å². The molecule has 5 N–H and O–H groups in total. The van der Waals surface area contributed by atoms with Gasteiger partial charge >= 0.3 is 0 Å². The molecule has 12 rings (SSSR count). The maximum atomic E-state index is 11.9. The zero-order chi connectivity index (χ0) is 47.1. The van der Waals surface area contributed by atoms with Crippen LogP contribution in [0.25, 0.3) is 73.9 Å². The summed E-state index contributed by atoms with van der Waals surface area (Å²) in [6.07, 6.45) is 6.23. The monoisotopic (exact) mass is 964 g/mol. The number of likely N-dealkylation sites (tertiary alicyclic amines) is 1. The molecular weight excluding hydrogens is 917 g/mol. The van der Waals surface area contributed by atoms with Gasteiger partial charge in [-0.2, -0.15) is 0 Å². The largest absolute Gasteiger partial charge is 0.507 e. The number of thiophene rings is 3. The number of unbranched alkanes of at least 4 members (excludes halogenated alkanes) is 1. The number of H-pyrrole nitrogens is 4. The number of benzene rings is 4. The van der Waals surface area contributed by atoms with Gasteiger partial charge in [0.15, 0.2) is 0 Å². The second-order valence-electron chi connectivity index (χ2n) is 16.2. The van der Waals surface area contributed by atoms with Crippen LogP contribution in [0.1, 0.15) is 37.9 Å². The van der Waals surface area contributed by atoms with Gasteiger partial charge < -0.3 is 39.4 Å². The molecule has 0 aliphatic carbocycles. The predicted molar refractivity (Wildman–Crippen MR) is 280 cm³/mol. The van der Waals surface area contributed by atoms with E-state index >= 15 is 0 Å². The van der Waals surface area contributed by atoms with Gasteiger partial charge in [-0.05, 0) is 134 Å². The van der Waals surface area contributed by atoms with Crippen LogP contribution >= 0.6 is 34.0 Å². The minimum Gasteiger partial charge on any atom is -0.507 e. The van der Waals surface area contributed by atoms with Gasteiger partial charge in [-0.15, -0.1) is 34.0 Å². The third-order valence-corrected chi connectivity index (χ3v) is 14.3. The van der Waals surface area contributed by atoms with Crippen LogP contribution in [0.3, 0.4) is 0 Å². The number of hydrogen-bond donors (Lipinski definition) is 5. The maximum Gasteiger partial charge on any atom is 0.258 e. The smallest absolute Gasteiger partial charge is 0.258 e. The lowest BCUT2D eigenvalue weighted by atomic mass is 10.1. The molecule has 1 fully saturated rings. The highest BCUT2D eigenvalue weighted by Gasteiger charge is 2.13. The number of aryl methyl sites for hydroxylation is 1. The standard InChI is InChI=1S/C18H25N3O2.C12H9NO2S.C11H7NO2S.C11H7NOS/c1-14-19-17-15(18(22)20-14)8-7-9-16(17)23-13-6-5-12-21-10-3-2-4-11-21;1-15-9-4-2-3-7-10(9)8-5-6-16-12(8)13-11(7)14;13-8-3-1-2-6-9(8)7-4-5-15-11(7)12-10(6)14;13-10-8-4-2-1-3-7(8)9-5-6-14-11(9)12-10/h7-9H,2-6,10-13H2,1H3,(H,19,20,22);2-6H,1H3,(H,13,14);1-5,13H,(H,12,14);1-6H,(H,12,13). The normalized spacial score (nSPS) is 12.7.